The van der Waals surface area contributed by atoms with E-state index in [9.17, 15) is 13.2 Å². The number of hydrogen-bond donors (Lipinski definition) is 0. The molecular formula is C17H21N3O3S. The maximum absolute atomic E-state index is 12.8. The van der Waals surface area contributed by atoms with E-state index in [1.807, 2.05) is 38.1 Å². The minimum atomic E-state index is -3.02. The van der Waals surface area contributed by atoms with Crippen LogP contribution in [0.5, 0.6) is 0 Å². The lowest BCUT2D eigenvalue weighted by Crippen LogP contribution is -2.38. The van der Waals surface area contributed by atoms with Crippen molar-refractivity contribution in [2.24, 2.45) is 0 Å². The molecule has 1 unspecified atom stereocenters. The first kappa shape index (κ1) is 16.7. The van der Waals surface area contributed by atoms with E-state index < -0.39 is 9.84 Å². The van der Waals surface area contributed by atoms with Crippen LogP contribution in [0.4, 0.5) is 0 Å². The van der Waals surface area contributed by atoms with Crippen LogP contribution in [0, 0.1) is 13.8 Å². The van der Waals surface area contributed by atoms with Crippen LogP contribution in [0.3, 0.4) is 0 Å². The lowest BCUT2D eigenvalue weighted by molar-refractivity contribution is 0.0747. The molecular weight excluding hydrogens is 326 g/mol. The number of amides is 1. The molecule has 6 nitrogen and oxygen atoms in total. The molecule has 1 fully saturated rings. The fourth-order valence-corrected chi connectivity index (χ4v) is 4.87. The van der Waals surface area contributed by atoms with Crippen molar-refractivity contribution in [1.29, 1.82) is 0 Å². The van der Waals surface area contributed by atoms with E-state index in [2.05, 4.69) is 5.10 Å². The molecule has 1 aromatic carbocycles. The Labute approximate surface area is 142 Å². The topological polar surface area (TPSA) is 72.3 Å². The van der Waals surface area contributed by atoms with Crippen molar-refractivity contribution in [3.63, 3.8) is 0 Å². The van der Waals surface area contributed by atoms with Gasteiger partial charge in [0.1, 0.15) is 0 Å². The van der Waals surface area contributed by atoms with Gasteiger partial charge in [0.05, 0.1) is 34.6 Å². The van der Waals surface area contributed by atoms with Crippen LogP contribution in [-0.2, 0) is 9.84 Å². The molecule has 0 bridgehead atoms. The first-order valence-electron chi connectivity index (χ1n) is 7.88. The molecule has 0 aliphatic carbocycles. The zero-order chi connectivity index (χ0) is 17.5. The Hall–Kier alpha value is -2.15. The van der Waals surface area contributed by atoms with Crippen molar-refractivity contribution in [2.75, 3.05) is 18.6 Å². The highest BCUT2D eigenvalue weighted by Gasteiger charge is 2.34. The SMILES string of the molecule is Cc1ccccc1-n1ncc(C(=O)N(C)C2CCS(=O)(=O)C2)c1C. The summed E-state index contributed by atoms with van der Waals surface area (Å²) >= 11 is 0. The molecule has 1 aliphatic heterocycles. The minimum absolute atomic E-state index is 0.0419. The standard InChI is InChI=1S/C17H21N3O3S/c1-12-6-4-5-7-16(12)20-13(2)15(10-18-20)17(21)19(3)14-8-9-24(22,23)11-14/h4-7,10,14H,8-9,11H2,1-3H3. The third-order valence-corrected chi connectivity index (χ3v) is 6.41. The average Bonchev–Trinajstić information content (AvgIpc) is 3.09. The van der Waals surface area contributed by atoms with Gasteiger partial charge >= 0.3 is 0 Å². The third-order valence-electron chi connectivity index (χ3n) is 4.66. The first-order chi connectivity index (χ1) is 11.3. The number of aromatic nitrogens is 2. The van der Waals surface area contributed by atoms with E-state index in [-0.39, 0.29) is 23.5 Å². The van der Waals surface area contributed by atoms with Gasteiger partial charge in [0.2, 0.25) is 0 Å². The number of para-hydroxylation sites is 1. The van der Waals surface area contributed by atoms with Crippen LogP contribution in [0.25, 0.3) is 5.69 Å². The zero-order valence-electron chi connectivity index (χ0n) is 14.1. The number of carbonyl (C=O) groups excluding carboxylic acids is 1. The molecule has 2 aromatic rings. The molecule has 3 rings (SSSR count). The summed E-state index contributed by atoms with van der Waals surface area (Å²) in [7, 11) is -1.36. The summed E-state index contributed by atoms with van der Waals surface area (Å²) in [5, 5.41) is 4.36. The Morgan fingerprint density at radius 2 is 2.00 bits per heavy atom. The molecule has 0 radical (unpaired) electrons. The summed E-state index contributed by atoms with van der Waals surface area (Å²) in [5.74, 6) is 0.00572. The molecule has 1 aromatic heterocycles. The summed E-state index contributed by atoms with van der Waals surface area (Å²) in [6.07, 6.45) is 2.06. The van der Waals surface area contributed by atoms with E-state index in [0.717, 1.165) is 16.9 Å². The van der Waals surface area contributed by atoms with Gasteiger partial charge in [-0.2, -0.15) is 5.10 Å². The summed E-state index contributed by atoms with van der Waals surface area (Å²) in [6.45, 7) is 3.85. The van der Waals surface area contributed by atoms with E-state index in [0.29, 0.717) is 12.0 Å². The Bertz CT molecular complexity index is 886. The number of nitrogens with zero attached hydrogens (tertiary/aromatic N) is 3. The van der Waals surface area contributed by atoms with Gasteiger partial charge in [-0.15, -0.1) is 0 Å². The predicted octanol–water partition coefficient (Wildman–Crippen LogP) is 1.75. The molecule has 0 saturated carbocycles. The first-order valence-corrected chi connectivity index (χ1v) is 9.70. The molecule has 2 heterocycles. The van der Waals surface area contributed by atoms with Crippen LogP contribution in [0.1, 0.15) is 28.0 Å². The summed E-state index contributed by atoms with van der Waals surface area (Å²) in [6, 6.07) is 7.58. The van der Waals surface area contributed by atoms with Gasteiger partial charge < -0.3 is 4.90 Å². The van der Waals surface area contributed by atoms with Gasteiger partial charge in [0.25, 0.3) is 5.91 Å². The molecule has 0 N–H and O–H groups in total. The number of hydrogen-bond acceptors (Lipinski definition) is 4. The van der Waals surface area contributed by atoms with Crippen LogP contribution in [0.2, 0.25) is 0 Å². The lowest BCUT2D eigenvalue weighted by atomic mass is 10.1. The maximum atomic E-state index is 12.8. The number of rotatable bonds is 3. The number of aryl methyl sites for hydroxylation is 1. The predicted molar refractivity (Wildman–Crippen MR) is 92.2 cm³/mol. The van der Waals surface area contributed by atoms with E-state index in [1.165, 1.54) is 4.90 Å². The molecule has 1 saturated heterocycles. The van der Waals surface area contributed by atoms with Gasteiger partial charge in [-0.25, -0.2) is 13.1 Å². The van der Waals surface area contributed by atoms with Crippen LogP contribution in [0.15, 0.2) is 30.5 Å². The van der Waals surface area contributed by atoms with Gasteiger partial charge in [0.15, 0.2) is 9.84 Å². The average molecular weight is 347 g/mol. The molecule has 1 atom stereocenters. The lowest BCUT2D eigenvalue weighted by Gasteiger charge is -2.23. The van der Waals surface area contributed by atoms with Crippen molar-refractivity contribution >= 4 is 15.7 Å². The van der Waals surface area contributed by atoms with Crippen LogP contribution in [-0.4, -0.2) is 53.6 Å². The summed E-state index contributed by atoms with van der Waals surface area (Å²) in [4.78, 5) is 14.3. The fourth-order valence-electron chi connectivity index (χ4n) is 3.10. The van der Waals surface area contributed by atoms with Crippen molar-refractivity contribution in [3.05, 3.63) is 47.3 Å². The Kier molecular flexibility index (Phi) is 4.21. The maximum Gasteiger partial charge on any atom is 0.257 e. The van der Waals surface area contributed by atoms with E-state index in [1.54, 1.807) is 17.9 Å². The van der Waals surface area contributed by atoms with Crippen molar-refractivity contribution in [1.82, 2.24) is 14.7 Å². The molecule has 1 aliphatic rings. The highest BCUT2D eigenvalue weighted by atomic mass is 32.2. The normalized spacial score (nSPS) is 19.4. The van der Waals surface area contributed by atoms with Gasteiger partial charge in [-0.1, -0.05) is 18.2 Å². The van der Waals surface area contributed by atoms with Crippen molar-refractivity contribution < 1.29 is 13.2 Å². The molecule has 1 amide bonds. The second kappa shape index (κ2) is 6.05. The third kappa shape index (κ3) is 2.96. The Morgan fingerprint density at radius 1 is 1.29 bits per heavy atom. The number of benzene rings is 1. The minimum Gasteiger partial charge on any atom is -0.338 e. The van der Waals surface area contributed by atoms with Crippen LogP contribution < -0.4 is 0 Å². The van der Waals surface area contributed by atoms with E-state index in [4.69, 9.17) is 0 Å². The highest BCUT2D eigenvalue weighted by Crippen LogP contribution is 2.22. The second-order valence-electron chi connectivity index (χ2n) is 6.31. The quantitative estimate of drug-likeness (QED) is 0.848. The summed E-state index contributed by atoms with van der Waals surface area (Å²) in [5.41, 5.74) is 3.25. The monoisotopic (exact) mass is 347 g/mol. The van der Waals surface area contributed by atoms with E-state index >= 15 is 0 Å². The summed E-state index contributed by atoms with van der Waals surface area (Å²) < 4.78 is 25.0. The molecule has 24 heavy (non-hydrogen) atoms. The molecule has 0 spiro atoms. The fraction of sp³-hybridized carbons (Fsp3) is 0.412. The van der Waals surface area contributed by atoms with Crippen molar-refractivity contribution in [3.8, 4) is 5.69 Å². The second-order valence-corrected chi connectivity index (χ2v) is 8.54. The molecule has 128 valence electrons. The largest absolute Gasteiger partial charge is 0.338 e. The smallest absolute Gasteiger partial charge is 0.257 e. The zero-order valence-corrected chi connectivity index (χ0v) is 14.9. The van der Waals surface area contributed by atoms with Crippen molar-refractivity contribution in [2.45, 2.75) is 26.3 Å². The molecule has 7 heteroatoms. The Balaban J connectivity index is 1.88. The van der Waals surface area contributed by atoms with Gasteiger partial charge in [0, 0.05) is 13.1 Å². The number of sulfone groups is 1. The van der Waals surface area contributed by atoms with Gasteiger partial charge in [-0.05, 0) is 31.9 Å². The van der Waals surface area contributed by atoms with Gasteiger partial charge in [-0.3, -0.25) is 4.79 Å². The Morgan fingerprint density at radius 3 is 2.62 bits per heavy atom. The number of carbonyl (C=O) groups is 1. The van der Waals surface area contributed by atoms with Crippen LogP contribution >= 0.6 is 0 Å². The highest BCUT2D eigenvalue weighted by molar-refractivity contribution is 7.91.